The molecule has 4 nitrogen and oxygen atoms in total. The highest BCUT2D eigenvalue weighted by Crippen LogP contribution is 2.32. The van der Waals surface area contributed by atoms with Gasteiger partial charge in [-0.1, -0.05) is 12.1 Å². The second-order valence-corrected chi connectivity index (χ2v) is 9.00. The molecular weight excluding hydrogens is 424 g/mol. The molecule has 1 fully saturated rings. The number of nitrogens with zero attached hydrogens (tertiary/aromatic N) is 2. The van der Waals surface area contributed by atoms with Crippen molar-refractivity contribution in [2.24, 2.45) is 0 Å². The molecule has 1 saturated heterocycles. The van der Waals surface area contributed by atoms with Crippen molar-refractivity contribution >= 4 is 11.8 Å². The van der Waals surface area contributed by atoms with Crippen molar-refractivity contribution in [3.05, 3.63) is 65.5 Å². The van der Waals surface area contributed by atoms with E-state index in [4.69, 9.17) is 4.74 Å². The van der Waals surface area contributed by atoms with E-state index in [1.165, 1.54) is 24.3 Å². The minimum atomic E-state index is -4.40. The topological polar surface area (TPSA) is 32.8 Å². The molecule has 0 radical (unpaired) electrons. The predicted molar refractivity (Wildman–Crippen MR) is 115 cm³/mol. The first kappa shape index (κ1) is 23.9. The van der Waals surface area contributed by atoms with Crippen LogP contribution < -0.4 is 4.90 Å². The lowest BCUT2D eigenvalue weighted by atomic mass is 10.0. The Morgan fingerprint density at radius 2 is 1.56 bits per heavy atom. The summed E-state index contributed by atoms with van der Waals surface area (Å²) in [4.78, 5) is 16.0. The summed E-state index contributed by atoms with van der Waals surface area (Å²) in [6, 6.07) is 11.2. The third-order valence-corrected chi connectivity index (χ3v) is 5.35. The maximum absolute atomic E-state index is 13.3. The van der Waals surface area contributed by atoms with Crippen LogP contribution in [0, 0.1) is 5.82 Å². The number of hydrogen-bond donors (Lipinski definition) is 0. The molecule has 0 N–H and O–H groups in total. The van der Waals surface area contributed by atoms with Crippen LogP contribution in [0.4, 0.5) is 28.0 Å². The second-order valence-electron chi connectivity index (χ2n) is 9.00. The van der Waals surface area contributed by atoms with Crippen LogP contribution in [-0.4, -0.2) is 35.7 Å². The number of anilines is 1. The van der Waals surface area contributed by atoms with E-state index in [0.29, 0.717) is 38.2 Å². The van der Waals surface area contributed by atoms with Gasteiger partial charge in [0.25, 0.3) is 0 Å². The minimum absolute atomic E-state index is 0.00970. The molecule has 3 rings (SSSR count). The van der Waals surface area contributed by atoms with Crippen molar-refractivity contribution in [1.29, 1.82) is 0 Å². The molecule has 0 saturated carbocycles. The molecule has 0 unspecified atom stereocenters. The Morgan fingerprint density at radius 3 is 2.06 bits per heavy atom. The van der Waals surface area contributed by atoms with E-state index in [9.17, 15) is 22.4 Å². The molecule has 0 spiro atoms. The van der Waals surface area contributed by atoms with Crippen molar-refractivity contribution in [2.45, 2.75) is 58.0 Å². The number of carbonyl (C=O) groups is 1. The summed E-state index contributed by atoms with van der Waals surface area (Å²) in [5, 5.41) is 0. The third-order valence-electron chi connectivity index (χ3n) is 5.35. The maximum Gasteiger partial charge on any atom is 0.416 e. The molecule has 1 amide bonds. The summed E-state index contributed by atoms with van der Waals surface area (Å²) < 4.78 is 57.8. The van der Waals surface area contributed by atoms with E-state index in [1.807, 2.05) is 25.7 Å². The molecule has 0 aliphatic carbocycles. The molecule has 0 bridgehead atoms. The SMILES string of the molecule is CC(C)(C)OC(=O)N1CCC(N(Cc2ccc(F)cc2)c2ccc(C(F)(F)F)cc2)CC1. The summed E-state index contributed by atoms with van der Waals surface area (Å²) in [6.45, 7) is 6.83. The number of halogens is 4. The number of piperidine rings is 1. The van der Waals surface area contributed by atoms with Gasteiger partial charge in [-0.15, -0.1) is 0 Å². The third kappa shape index (κ3) is 6.37. The van der Waals surface area contributed by atoms with Gasteiger partial charge >= 0.3 is 12.3 Å². The van der Waals surface area contributed by atoms with Gasteiger partial charge in [-0.3, -0.25) is 0 Å². The Kier molecular flexibility index (Phi) is 7.00. The van der Waals surface area contributed by atoms with Crippen LogP contribution in [0.25, 0.3) is 0 Å². The molecule has 2 aromatic carbocycles. The average molecular weight is 452 g/mol. The fourth-order valence-electron chi connectivity index (χ4n) is 3.75. The minimum Gasteiger partial charge on any atom is -0.444 e. The maximum atomic E-state index is 13.3. The lowest BCUT2D eigenvalue weighted by Crippen LogP contribution is -2.48. The standard InChI is InChI=1S/C24H28F4N2O2/c1-23(2,3)32-22(31)29-14-12-21(13-15-29)30(16-17-4-8-19(25)9-5-17)20-10-6-18(7-11-20)24(26,27)28/h4-11,21H,12-16H2,1-3H3. The highest BCUT2D eigenvalue weighted by Gasteiger charge is 2.32. The fraction of sp³-hybridized carbons (Fsp3) is 0.458. The first-order valence-corrected chi connectivity index (χ1v) is 10.6. The number of alkyl halides is 3. The monoisotopic (exact) mass is 452 g/mol. The lowest BCUT2D eigenvalue weighted by Gasteiger charge is -2.40. The van der Waals surface area contributed by atoms with Crippen molar-refractivity contribution in [3.8, 4) is 0 Å². The fourth-order valence-corrected chi connectivity index (χ4v) is 3.75. The van der Waals surface area contributed by atoms with Crippen LogP contribution in [0.5, 0.6) is 0 Å². The summed E-state index contributed by atoms with van der Waals surface area (Å²) in [5.74, 6) is -0.347. The number of ether oxygens (including phenoxy) is 1. The van der Waals surface area contributed by atoms with Gasteiger partial charge in [0.1, 0.15) is 11.4 Å². The highest BCUT2D eigenvalue weighted by molar-refractivity contribution is 5.68. The number of benzene rings is 2. The first-order valence-electron chi connectivity index (χ1n) is 10.6. The summed E-state index contributed by atoms with van der Waals surface area (Å²) in [7, 11) is 0. The molecule has 32 heavy (non-hydrogen) atoms. The van der Waals surface area contributed by atoms with Gasteiger partial charge in [0.2, 0.25) is 0 Å². The van der Waals surface area contributed by atoms with Crippen LogP contribution in [-0.2, 0) is 17.5 Å². The molecular formula is C24H28F4N2O2. The van der Waals surface area contributed by atoms with Gasteiger partial charge in [0, 0.05) is 31.4 Å². The molecule has 8 heteroatoms. The van der Waals surface area contributed by atoms with Crippen LogP contribution in [0.3, 0.4) is 0 Å². The quantitative estimate of drug-likeness (QED) is 0.514. The zero-order valence-electron chi connectivity index (χ0n) is 18.5. The molecule has 2 aromatic rings. The smallest absolute Gasteiger partial charge is 0.416 e. The number of likely N-dealkylation sites (tertiary alicyclic amines) is 1. The van der Waals surface area contributed by atoms with Gasteiger partial charge in [0.05, 0.1) is 5.56 Å². The van der Waals surface area contributed by atoms with Crippen LogP contribution in [0.15, 0.2) is 48.5 Å². The van der Waals surface area contributed by atoms with Gasteiger partial charge < -0.3 is 14.5 Å². The van der Waals surface area contributed by atoms with Crippen molar-refractivity contribution in [1.82, 2.24) is 4.90 Å². The van der Waals surface area contributed by atoms with Crippen LogP contribution in [0.2, 0.25) is 0 Å². The highest BCUT2D eigenvalue weighted by atomic mass is 19.4. The first-order chi connectivity index (χ1) is 14.9. The van der Waals surface area contributed by atoms with Crippen LogP contribution >= 0.6 is 0 Å². The Balaban J connectivity index is 1.77. The van der Waals surface area contributed by atoms with E-state index in [0.717, 1.165) is 17.7 Å². The summed E-state index contributed by atoms with van der Waals surface area (Å²) in [5.41, 5.74) is 0.213. The Labute approximate surface area is 185 Å². The normalized spacial score (nSPS) is 15.5. The van der Waals surface area contributed by atoms with E-state index in [2.05, 4.69) is 0 Å². The molecule has 0 atom stereocenters. The van der Waals surface area contributed by atoms with Gasteiger partial charge in [-0.05, 0) is 75.6 Å². The van der Waals surface area contributed by atoms with Crippen molar-refractivity contribution in [3.63, 3.8) is 0 Å². The second kappa shape index (κ2) is 9.38. The molecule has 174 valence electrons. The summed E-state index contributed by atoms with van der Waals surface area (Å²) in [6.07, 6.45) is -3.49. The van der Waals surface area contributed by atoms with E-state index < -0.39 is 17.3 Å². The predicted octanol–water partition coefficient (Wildman–Crippen LogP) is 6.25. The molecule has 1 aliphatic heterocycles. The van der Waals surface area contributed by atoms with Gasteiger partial charge in [-0.25, -0.2) is 9.18 Å². The molecule has 1 aliphatic rings. The van der Waals surface area contributed by atoms with Gasteiger partial charge in [0.15, 0.2) is 0 Å². The summed E-state index contributed by atoms with van der Waals surface area (Å²) >= 11 is 0. The Morgan fingerprint density at radius 1 is 1.00 bits per heavy atom. The van der Waals surface area contributed by atoms with Crippen molar-refractivity contribution < 1.29 is 27.1 Å². The zero-order chi connectivity index (χ0) is 23.5. The number of amides is 1. The van der Waals surface area contributed by atoms with E-state index in [-0.39, 0.29) is 18.0 Å². The zero-order valence-corrected chi connectivity index (χ0v) is 18.5. The van der Waals surface area contributed by atoms with Crippen molar-refractivity contribution in [2.75, 3.05) is 18.0 Å². The average Bonchev–Trinajstić information content (AvgIpc) is 2.72. The number of hydrogen-bond acceptors (Lipinski definition) is 3. The molecule has 0 aromatic heterocycles. The number of carbonyl (C=O) groups excluding carboxylic acids is 1. The van der Waals surface area contributed by atoms with E-state index in [1.54, 1.807) is 17.0 Å². The molecule has 1 heterocycles. The van der Waals surface area contributed by atoms with Crippen LogP contribution in [0.1, 0.15) is 44.7 Å². The lowest BCUT2D eigenvalue weighted by molar-refractivity contribution is -0.137. The van der Waals surface area contributed by atoms with Gasteiger partial charge in [-0.2, -0.15) is 13.2 Å². The Hall–Kier alpha value is -2.77. The Bertz CT molecular complexity index is 898. The largest absolute Gasteiger partial charge is 0.444 e. The van der Waals surface area contributed by atoms with E-state index >= 15 is 0 Å². The number of rotatable bonds is 4.